The molecule has 0 aliphatic heterocycles. The van der Waals surface area contributed by atoms with Crippen molar-refractivity contribution in [2.75, 3.05) is 12.8 Å². The van der Waals surface area contributed by atoms with Gasteiger partial charge in [0, 0.05) is 17.3 Å². The lowest BCUT2D eigenvalue weighted by atomic mass is 9.75. The van der Waals surface area contributed by atoms with Gasteiger partial charge in [0.1, 0.15) is 0 Å². The van der Waals surface area contributed by atoms with E-state index < -0.39 is 0 Å². The molecule has 1 atom stereocenters. The molecule has 0 aromatic rings. The van der Waals surface area contributed by atoms with Crippen molar-refractivity contribution in [2.45, 2.75) is 76.0 Å². The first kappa shape index (κ1) is 13.7. The molecular formula is C15H29NS. The molecule has 100 valence electrons. The van der Waals surface area contributed by atoms with Crippen molar-refractivity contribution in [3.8, 4) is 0 Å². The zero-order chi connectivity index (χ0) is 12.4. The van der Waals surface area contributed by atoms with E-state index in [2.05, 4.69) is 37.2 Å². The van der Waals surface area contributed by atoms with Crippen molar-refractivity contribution < 1.29 is 0 Å². The van der Waals surface area contributed by atoms with Crippen LogP contribution < -0.4 is 5.32 Å². The van der Waals surface area contributed by atoms with Gasteiger partial charge in [0.05, 0.1) is 0 Å². The molecule has 2 heteroatoms. The maximum Gasteiger partial charge on any atom is 0.0281 e. The molecule has 2 fully saturated rings. The largest absolute Gasteiger partial charge is 0.313 e. The molecule has 0 spiro atoms. The van der Waals surface area contributed by atoms with Crippen molar-refractivity contribution in [3.05, 3.63) is 0 Å². The van der Waals surface area contributed by atoms with Gasteiger partial charge in [0.15, 0.2) is 0 Å². The van der Waals surface area contributed by atoms with Crippen LogP contribution in [0.5, 0.6) is 0 Å². The normalized spacial score (nSPS) is 31.6. The van der Waals surface area contributed by atoms with E-state index in [-0.39, 0.29) is 0 Å². The highest BCUT2D eigenvalue weighted by atomic mass is 32.2. The molecule has 0 bridgehead atoms. The van der Waals surface area contributed by atoms with Crippen LogP contribution in [0, 0.1) is 5.41 Å². The Bertz CT molecular complexity index is 243. The molecule has 2 aliphatic carbocycles. The van der Waals surface area contributed by atoms with Gasteiger partial charge >= 0.3 is 0 Å². The predicted molar refractivity (Wildman–Crippen MR) is 78.8 cm³/mol. The highest BCUT2D eigenvalue weighted by Gasteiger charge is 2.34. The fourth-order valence-corrected chi connectivity index (χ4v) is 4.60. The maximum atomic E-state index is 3.89. The van der Waals surface area contributed by atoms with E-state index in [1.165, 1.54) is 57.9 Å². The average Bonchev–Trinajstić information content (AvgIpc) is 2.75. The first-order chi connectivity index (χ1) is 8.05. The summed E-state index contributed by atoms with van der Waals surface area (Å²) in [4.78, 5) is 0. The first-order valence-electron chi connectivity index (χ1n) is 7.34. The fraction of sp³-hybridized carbons (Fsp3) is 1.00. The second-order valence-corrected chi connectivity index (χ2v) is 8.21. The van der Waals surface area contributed by atoms with Crippen molar-refractivity contribution in [1.29, 1.82) is 0 Å². The minimum Gasteiger partial charge on any atom is -0.313 e. The number of hydrogen-bond donors (Lipinski definition) is 1. The smallest absolute Gasteiger partial charge is 0.0281 e. The van der Waals surface area contributed by atoms with Gasteiger partial charge in [-0.05, 0) is 43.8 Å². The zero-order valence-electron chi connectivity index (χ0n) is 11.8. The van der Waals surface area contributed by atoms with E-state index in [1.54, 1.807) is 0 Å². The van der Waals surface area contributed by atoms with Gasteiger partial charge in [-0.2, -0.15) is 11.8 Å². The monoisotopic (exact) mass is 255 g/mol. The molecule has 0 aromatic carbocycles. The lowest BCUT2D eigenvalue weighted by Crippen LogP contribution is -2.44. The van der Waals surface area contributed by atoms with E-state index in [0.29, 0.717) is 10.2 Å². The van der Waals surface area contributed by atoms with E-state index in [9.17, 15) is 0 Å². The highest BCUT2D eigenvalue weighted by Crippen LogP contribution is 2.40. The number of rotatable bonds is 4. The fourth-order valence-electron chi connectivity index (χ4n) is 3.68. The zero-order valence-corrected chi connectivity index (χ0v) is 12.7. The Kier molecular flexibility index (Phi) is 4.46. The molecule has 2 saturated carbocycles. The SMILES string of the molecule is CSC1(CNC2CCCC(C)(C)C2)CCCC1. The van der Waals surface area contributed by atoms with Crippen LogP contribution in [0.15, 0.2) is 0 Å². The van der Waals surface area contributed by atoms with E-state index in [4.69, 9.17) is 0 Å². The molecule has 1 nitrogen and oxygen atoms in total. The first-order valence-corrected chi connectivity index (χ1v) is 8.56. The van der Waals surface area contributed by atoms with Crippen molar-refractivity contribution in [2.24, 2.45) is 5.41 Å². The number of thioether (sulfide) groups is 1. The highest BCUT2D eigenvalue weighted by molar-refractivity contribution is 8.00. The number of hydrogen-bond acceptors (Lipinski definition) is 2. The summed E-state index contributed by atoms with van der Waals surface area (Å²) < 4.78 is 0.571. The minimum atomic E-state index is 0.568. The topological polar surface area (TPSA) is 12.0 Å². The Hall–Kier alpha value is 0.310. The van der Waals surface area contributed by atoms with E-state index in [1.807, 2.05) is 0 Å². The summed E-state index contributed by atoms with van der Waals surface area (Å²) in [6.45, 7) is 6.11. The Morgan fingerprint density at radius 1 is 1.12 bits per heavy atom. The molecule has 0 radical (unpaired) electrons. The molecule has 0 heterocycles. The van der Waals surface area contributed by atoms with Crippen LogP contribution in [-0.4, -0.2) is 23.6 Å². The lowest BCUT2D eigenvalue weighted by Gasteiger charge is -2.38. The van der Waals surface area contributed by atoms with Crippen molar-refractivity contribution in [3.63, 3.8) is 0 Å². The maximum absolute atomic E-state index is 3.89. The van der Waals surface area contributed by atoms with Crippen LogP contribution >= 0.6 is 11.8 Å². The van der Waals surface area contributed by atoms with Gasteiger partial charge in [-0.25, -0.2) is 0 Å². The molecule has 17 heavy (non-hydrogen) atoms. The molecular weight excluding hydrogens is 226 g/mol. The standard InChI is InChI=1S/C15H29NS/c1-14(2)8-6-7-13(11-14)16-12-15(17-3)9-4-5-10-15/h13,16H,4-12H2,1-3H3. The lowest BCUT2D eigenvalue weighted by molar-refractivity contribution is 0.196. The summed E-state index contributed by atoms with van der Waals surface area (Å²) in [7, 11) is 0. The molecule has 0 aromatic heterocycles. The minimum absolute atomic E-state index is 0.568. The van der Waals surface area contributed by atoms with E-state index >= 15 is 0 Å². The van der Waals surface area contributed by atoms with Gasteiger partial charge in [-0.1, -0.05) is 33.1 Å². The van der Waals surface area contributed by atoms with Gasteiger partial charge in [-0.3, -0.25) is 0 Å². The Balaban J connectivity index is 1.81. The van der Waals surface area contributed by atoms with Gasteiger partial charge < -0.3 is 5.32 Å². The molecule has 0 amide bonds. The van der Waals surface area contributed by atoms with Crippen LogP contribution in [0.25, 0.3) is 0 Å². The summed E-state index contributed by atoms with van der Waals surface area (Å²) in [5, 5.41) is 3.89. The van der Waals surface area contributed by atoms with Crippen molar-refractivity contribution >= 4 is 11.8 Å². The Morgan fingerprint density at radius 3 is 2.41 bits per heavy atom. The second kappa shape index (κ2) is 5.52. The quantitative estimate of drug-likeness (QED) is 0.807. The average molecular weight is 255 g/mol. The molecule has 0 saturated heterocycles. The third-order valence-corrected chi connectivity index (χ3v) is 6.28. The summed E-state index contributed by atoms with van der Waals surface area (Å²) in [6, 6.07) is 0.781. The van der Waals surface area contributed by atoms with Crippen LogP contribution in [0.4, 0.5) is 0 Å². The van der Waals surface area contributed by atoms with Gasteiger partial charge in [0.25, 0.3) is 0 Å². The van der Waals surface area contributed by atoms with Gasteiger partial charge in [0.2, 0.25) is 0 Å². The van der Waals surface area contributed by atoms with Gasteiger partial charge in [-0.15, -0.1) is 0 Å². The molecule has 2 aliphatic rings. The number of nitrogens with one attached hydrogen (secondary N) is 1. The third-order valence-electron chi connectivity index (χ3n) is 4.87. The Morgan fingerprint density at radius 2 is 1.82 bits per heavy atom. The van der Waals surface area contributed by atoms with Crippen LogP contribution in [0.1, 0.15) is 65.2 Å². The van der Waals surface area contributed by atoms with Crippen LogP contribution in [0.3, 0.4) is 0 Å². The molecule has 2 rings (SSSR count). The summed E-state index contributed by atoms with van der Waals surface area (Å²) in [5.74, 6) is 0. The summed E-state index contributed by atoms with van der Waals surface area (Å²) in [5.41, 5.74) is 0.568. The molecule has 1 unspecified atom stereocenters. The van der Waals surface area contributed by atoms with E-state index in [0.717, 1.165) is 6.04 Å². The third kappa shape index (κ3) is 3.64. The summed E-state index contributed by atoms with van der Waals surface area (Å²) in [6.07, 6.45) is 13.6. The Labute approximate surface area is 112 Å². The van der Waals surface area contributed by atoms with Crippen LogP contribution in [0.2, 0.25) is 0 Å². The predicted octanol–water partition coefficient (Wildman–Crippen LogP) is 4.22. The van der Waals surface area contributed by atoms with Crippen LogP contribution in [-0.2, 0) is 0 Å². The second-order valence-electron chi connectivity index (χ2n) is 6.93. The van der Waals surface area contributed by atoms with Crippen molar-refractivity contribution in [1.82, 2.24) is 5.32 Å². The molecule has 1 N–H and O–H groups in total. The summed E-state index contributed by atoms with van der Waals surface area (Å²) >= 11 is 2.11.